The largest absolute Gasteiger partial charge is 0.338 e. The molecule has 5 heteroatoms. The molecule has 0 atom stereocenters. The fraction of sp³-hybridized carbons (Fsp3) is 0.435. The predicted octanol–water partition coefficient (Wildman–Crippen LogP) is 4.48. The zero-order valence-electron chi connectivity index (χ0n) is 16.0. The van der Waals surface area contributed by atoms with E-state index in [9.17, 15) is 13.6 Å². The van der Waals surface area contributed by atoms with Crippen molar-refractivity contribution in [3.05, 3.63) is 71.3 Å². The molecule has 1 spiro atoms. The highest BCUT2D eigenvalue weighted by Gasteiger charge is 2.39. The van der Waals surface area contributed by atoms with Crippen molar-refractivity contribution < 1.29 is 13.6 Å². The molecule has 2 fully saturated rings. The Balaban J connectivity index is 1.33. The number of benzene rings is 2. The van der Waals surface area contributed by atoms with Gasteiger partial charge in [-0.1, -0.05) is 36.4 Å². The van der Waals surface area contributed by atoms with Crippen LogP contribution in [0.4, 0.5) is 8.78 Å². The summed E-state index contributed by atoms with van der Waals surface area (Å²) in [5.74, 6) is -2.08. The van der Waals surface area contributed by atoms with Crippen LogP contribution in [0.2, 0.25) is 0 Å². The fourth-order valence-electron chi connectivity index (χ4n) is 4.57. The van der Waals surface area contributed by atoms with Crippen LogP contribution < -0.4 is 0 Å². The van der Waals surface area contributed by atoms with E-state index in [1.807, 2.05) is 6.07 Å². The molecule has 0 bridgehead atoms. The van der Waals surface area contributed by atoms with Gasteiger partial charge in [-0.3, -0.25) is 9.69 Å². The van der Waals surface area contributed by atoms with Crippen LogP contribution in [0.25, 0.3) is 0 Å². The number of halogens is 2. The first kappa shape index (κ1) is 19.1. The van der Waals surface area contributed by atoms with E-state index in [1.165, 1.54) is 11.6 Å². The number of likely N-dealkylation sites (tertiary alicyclic amines) is 2. The molecule has 2 aromatic carbocycles. The fourth-order valence-corrected chi connectivity index (χ4v) is 4.57. The first-order valence-electron chi connectivity index (χ1n) is 10.1. The lowest BCUT2D eigenvalue weighted by atomic mass is 9.71. The Labute approximate surface area is 165 Å². The lowest BCUT2D eigenvalue weighted by Gasteiger charge is -2.47. The number of carbonyl (C=O) groups is 1. The van der Waals surface area contributed by atoms with Gasteiger partial charge in [0.15, 0.2) is 0 Å². The maximum atomic E-state index is 13.9. The minimum atomic E-state index is -0.778. The third kappa shape index (κ3) is 3.95. The molecule has 3 nitrogen and oxygen atoms in total. The number of carbonyl (C=O) groups excluding carboxylic acids is 1. The molecule has 2 aromatic rings. The summed E-state index contributed by atoms with van der Waals surface area (Å²) in [5, 5.41) is 0. The van der Waals surface area contributed by atoms with Gasteiger partial charge in [-0.15, -0.1) is 0 Å². The van der Waals surface area contributed by atoms with Crippen LogP contribution in [0.3, 0.4) is 0 Å². The molecule has 1 amide bonds. The summed E-state index contributed by atoms with van der Waals surface area (Å²) < 4.78 is 27.9. The molecule has 0 unspecified atom stereocenters. The molecule has 0 aliphatic carbocycles. The summed E-state index contributed by atoms with van der Waals surface area (Å²) in [5.41, 5.74) is 1.18. The van der Waals surface area contributed by atoms with Gasteiger partial charge < -0.3 is 4.90 Å². The summed E-state index contributed by atoms with van der Waals surface area (Å²) in [6.07, 6.45) is 4.06. The van der Waals surface area contributed by atoms with Crippen molar-refractivity contribution in [3.63, 3.8) is 0 Å². The summed E-state index contributed by atoms with van der Waals surface area (Å²) in [6.45, 7) is 4.25. The molecule has 0 aromatic heterocycles. The van der Waals surface area contributed by atoms with Crippen molar-refractivity contribution in [1.82, 2.24) is 9.80 Å². The highest BCUT2D eigenvalue weighted by Crippen LogP contribution is 2.41. The van der Waals surface area contributed by atoms with Crippen LogP contribution in [-0.4, -0.2) is 41.9 Å². The van der Waals surface area contributed by atoms with Gasteiger partial charge >= 0.3 is 0 Å². The van der Waals surface area contributed by atoms with Crippen molar-refractivity contribution in [1.29, 1.82) is 0 Å². The third-order valence-electron chi connectivity index (χ3n) is 6.45. The number of nitrogens with zero attached hydrogens (tertiary/aromatic N) is 2. The molecule has 2 saturated heterocycles. The molecule has 2 aliphatic rings. The lowest BCUT2D eigenvalue weighted by Crippen LogP contribution is -2.48. The average Bonchev–Trinajstić information content (AvgIpc) is 2.71. The Morgan fingerprint density at radius 3 is 2.00 bits per heavy atom. The van der Waals surface area contributed by atoms with Gasteiger partial charge in [0.1, 0.15) is 17.2 Å². The van der Waals surface area contributed by atoms with E-state index in [0.29, 0.717) is 13.1 Å². The monoisotopic (exact) mass is 384 g/mol. The molecule has 4 rings (SSSR count). The number of amides is 1. The molecular formula is C23H26F2N2O. The Morgan fingerprint density at radius 1 is 0.821 bits per heavy atom. The van der Waals surface area contributed by atoms with Crippen LogP contribution in [0.1, 0.15) is 41.6 Å². The Bertz CT molecular complexity index is 802. The van der Waals surface area contributed by atoms with Crippen LogP contribution in [-0.2, 0) is 6.54 Å². The highest BCUT2D eigenvalue weighted by atomic mass is 19.1. The Hall–Kier alpha value is -2.27. The number of rotatable bonds is 3. The second-order valence-corrected chi connectivity index (χ2v) is 8.15. The first-order valence-corrected chi connectivity index (χ1v) is 10.1. The smallest absolute Gasteiger partial charge is 0.259 e. The van der Waals surface area contributed by atoms with E-state index in [4.69, 9.17) is 0 Å². The quantitative estimate of drug-likeness (QED) is 0.779. The van der Waals surface area contributed by atoms with E-state index in [2.05, 4.69) is 29.2 Å². The lowest BCUT2D eigenvalue weighted by molar-refractivity contribution is 0.0280. The van der Waals surface area contributed by atoms with Gasteiger partial charge in [0.05, 0.1) is 0 Å². The predicted molar refractivity (Wildman–Crippen MR) is 105 cm³/mol. The van der Waals surface area contributed by atoms with Crippen molar-refractivity contribution in [3.8, 4) is 0 Å². The van der Waals surface area contributed by atoms with Crippen LogP contribution >= 0.6 is 0 Å². The third-order valence-corrected chi connectivity index (χ3v) is 6.45. The minimum Gasteiger partial charge on any atom is -0.338 e. The van der Waals surface area contributed by atoms with Crippen molar-refractivity contribution in [2.45, 2.75) is 32.2 Å². The normalized spacial score (nSPS) is 19.7. The van der Waals surface area contributed by atoms with Crippen LogP contribution in [0.15, 0.2) is 48.5 Å². The summed E-state index contributed by atoms with van der Waals surface area (Å²) >= 11 is 0. The van der Waals surface area contributed by atoms with Crippen molar-refractivity contribution in [2.75, 3.05) is 26.2 Å². The second-order valence-electron chi connectivity index (χ2n) is 8.15. The zero-order chi connectivity index (χ0) is 19.6. The van der Waals surface area contributed by atoms with Crippen LogP contribution in [0.5, 0.6) is 0 Å². The molecule has 0 radical (unpaired) electrons. The molecule has 28 heavy (non-hydrogen) atoms. The number of hydrogen-bond donors (Lipinski definition) is 0. The Kier molecular flexibility index (Phi) is 5.44. The maximum absolute atomic E-state index is 13.9. The number of hydrogen-bond acceptors (Lipinski definition) is 2. The Morgan fingerprint density at radius 2 is 1.39 bits per heavy atom. The van der Waals surface area contributed by atoms with Gasteiger partial charge in [0.2, 0.25) is 0 Å². The minimum absolute atomic E-state index is 0.262. The molecular weight excluding hydrogens is 358 g/mol. The van der Waals surface area contributed by atoms with Gasteiger partial charge in [0.25, 0.3) is 5.91 Å². The second kappa shape index (κ2) is 8.00. The van der Waals surface area contributed by atoms with E-state index in [-0.39, 0.29) is 5.41 Å². The van der Waals surface area contributed by atoms with Crippen molar-refractivity contribution >= 4 is 5.91 Å². The van der Waals surface area contributed by atoms with Gasteiger partial charge in [-0.25, -0.2) is 8.78 Å². The summed E-state index contributed by atoms with van der Waals surface area (Å²) in [6, 6.07) is 14.1. The average molecular weight is 384 g/mol. The standard InChI is InChI=1S/C23H26F2N2O/c24-19-7-4-8-20(25)21(19)22(28)27-15-11-23(12-16-27)9-13-26(14-10-23)17-18-5-2-1-3-6-18/h1-8H,9-17H2. The van der Waals surface area contributed by atoms with E-state index in [0.717, 1.165) is 57.5 Å². The molecule has 2 heterocycles. The summed E-state index contributed by atoms with van der Waals surface area (Å²) in [7, 11) is 0. The van der Waals surface area contributed by atoms with E-state index < -0.39 is 23.1 Å². The maximum Gasteiger partial charge on any atom is 0.259 e. The van der Waals surface area contributed by atoms with Gasteiger partial charge in [0, 0.05) is 19.6 Å². The van der Waals surface area contributed by atoms with E-state index in [1.54, 1.807) is 4.90 Å². The van der Waals surface area contributed by atoms with Crippen LogP contribution in [0, 0.1) is 17.0 Å². The van der Waals surface area contributed by atoms with Crippen molar-refractivity contribution in [2.24, 2.45) is 5.41 Å². The molecule has 148 valence electrons. The number of piperidine rings is 2. The van der Waals surface area contributed by atoms with Gasteiger partial charge in [-0.05, 0) is 61.9 Å². The molecule has 2 aliphatic heterocycles. The van der Waals surface area contributed by atoms with E-state index >= 15 is 0 Å². The van der Waals surface area contributed by atoms with Gasteiger partial charge in [-0.2, -0.15) is 0 Å². The molecule has 0 N–H and O–H groups in total. The zero-order valence-corrected chi connectivity index (χ0v) is 16.0. The highest BCUT2D eigenvalue weighted by molar-refractivity contribution is 5.94. The summed E-state index contributed by atoms with van der Waals surface area (Å²) in [4.78, 5) is 16.7. The topological polar surface area (TPSA) is 23.6 Å². The first-order chi connectivity index (χ1) is 13.6. The SMILES string of the molecule is O=C(c1c(F)cccc1F)N1CCC2(CCN(Cc3ccccc3)CC2)CC1. The molecule has 0 saturated carbocycles.